The van der Waals surface area contributed by atoms with Crippen LogP contribution in [0.3, 0.4) is 0 Å². The third kappa shape index (κ3) is 4.61. The van der Waals surface area contributed by atoms with Gasteiger partial charge in [0.15, 0.2) is 0 Å². The minimum Gasteiger partial charge on any atom is -0.495 e. The molecule has 0 atom stereocenters. The number of ether oxygens (including phenoxy) is 1. The lowest BCUT2D eigenvalue weighted by atomic mass is 10.1. The number of hydrogen-bond donors (Lipinski definition) is 1. The van der Waals surface area contributed by atoms with E-state index in [0.29, 0.717) is 22.7 Å². The molecule has 0 heterocycles. The quantitative estimate of drug-likeness (QED) is 0.866. The third-order valence-electron chi connectivity index (χ3n) is 3.89. The lowest BCUT2D eigenvalue weighted by Gasteiger charge is -2.23. The van der Waals surface area contributed by atoms with Gasteiger partial charge in [0.1, 0.15) is 11.8 Å². The Balaban J connectivity index is 2.12. The summed E-state index contributed by atoms with van der Waals surface area (Å²) in [5.74, 6) is 0.116. The molecule has 0 unspecified atom stereocenters. The van der Waals surface area contributed by atoms with E-state index in [9.17, 15) is 9.59 Å². The number of nitriles is 1. The molecule has 0 aliphatic heterocycles. The van der Waals surface area contributed by atoms with Gasteiger partial charge in [0.2, 0.25) is 11.8 Å². The first-order chi connectivity index (χ1) is 12.5. The lowest BCUT2D eigenvalue weighted by molar-refractivity contribution is -0.117. The number of para-hydroxylation sites is 1. The molecular weight excluding hydrogens is 330 g/mol. The van der Waals surface area contributed by atoms with Gasteiger partial charge in [-0.1, -0.05) is 18.2 Å². The highest BCUT2D eigenvalue weighted by Crippen LogP contribution is 2.29. The molecule has 0 fully saturated rings. The first-order valence-electron chi connectivity index (χ1n) is 8.18. The molecule has 0 aliphatic carbocycles. The summed E-state index contributed by atoms with van der Waals surface area (Å²) in [4.78, 5) is 25.9. The Bertz CT molecular complexity index is 856. The van der Waals surface area contributed by atoms with Crippen LogP contribution in [0.25, 0.3) is 0 Å². The molecule has 6 heteroatoms. The van der Waals surface area contributed by atoms with Crippen LogP contribution in [0, 0.1) is 18.3 Å². The molecule has 2 rings (SSSR count). The minimum absolute atomic E-state index is 0.0937. The average molecular weight is 351 g/mol. The van der Waals surface area contributed by atoms with Gasteiger partial charge in [0, 0.05) is 19.9 Å². The van der Waals surface area contributed by atoms with E-state index in [1.54, 1.807) is 30.3 Å². The highest BCUT2D eigenvalue weighted by atomic mass is 16.5. The summed E-state index contributed by atoms with van der Waals surface area (Å²) < 4.78 is 5.33. The van der Waals surface area contributed by atoms with Crippen LogP contribution < -0.4 is 15.0 Å². The van der Waals surface area contributed by atoms with E-state index in [2.05, 4.69) is 5.32 Å². The van der Waals surface area contributed by atoms with Gasteiger partial charge in [0.05, 0.1) is 24.0 Å². The second kappa shape index (κ2) is 8.67. The summed E-state index contributed by atoms with van der Waals surface area (Å²) in [7, 11) is 1.54. The number of rotatable bonds is 6. The van der Waals surface area contributed by atoms with Crippen molar-refractivity contribution in [2.45, 2.75) is 20.3 Å². The summed E-state index contributed by atoms with van der Waals surface area (Å²) in [6, 6.07) is 14.4. The molecule has 6 nitrogen and oxygen atoms in total. The number of aryl methyl sites for hydroxylation is 1. The normalized spacial score (nSPS) is 9.92. The summed E-state index contributed by atoms with van der Waals surface area (Å²) in [6.07, 6.45) is 0.0937. The smallest absolute Gasteiger partial charge is 0.226 e. The highest BCUT2D eigenvalue weighted by Gasteiger charge is 2.18. The first kappa shape index (κ1) is 19.0. The molecule has 2 aromatic rings. The number of nitrogens with one attached hydrogen (secondary N) is 1. The number of amides is 2. The topological polar surface area (TPSA) is 82.4 Å². The fourth-order valence-corrected chi connectivity index (χ4v) is 2.57. The molecule has 0 saturated heterocycles. The van der Waals surface area contributed by atoms with Crippen LogP contribution in [0.2, 0.25) is 0 Å². The van der Waals surface area contributed by atoms with E-state index in [-0.39, 0.29) is 24.8 Å². The van der Waals surface area contributed by atoms with Crippen LogP contribution in [-0.4, -0.2) is 25.5 Å². The molecule has 0 saturated carbocycles. The van der Waals surface area contributed by atoms with E-state index < -0.39 is 0 Å². The van der Waals surface area contributed by atoms with Crippen molar-refractivity contribution in [2.24, 2.45) is 0 Å². The number of nitrogens with zero attached hydrogens (tertiary/aromatic N) is 2. The largest absolute Gasteiger partial charge is 0.495 e. The number of hydrogen-bond acceptors (Lipinski definition) is 4. The Morgan fingerprint density at radius 1 is 1.23 bits per heavy atom. The third-order valence-corrected chi connectivity index (χ3v) is 3.89. The number of benzene rings is 2. The highest BCUT2D eigenvalue weighted by molar-refractivity contribution is 5.96. The molecule has 134 valence electrons. The predicted octanol–water partition coefficient (Wildman–Crippen LogP) is 3.26. The predicted molar refractivity (Wildman–Crippen MR) is 100 cm³/mol. The van der Waals surface area contributed by atoms with Crippen molar-refractivity contribution >= 4 is 23.2 Å². The lowest BCUT2D eigenvalue weighted by Crippen LogP contribution is -2.32. The van der Waals surface area contributed by atoms with Crippen molar-refractivity contribution in [3.63, 3.8) is 0 Å². The van der Waals surface area contributed by atoms with Crippen LogP contribution in [0.15, 0.2) is 42.5 Å². The minimum atomic E-state index is -0.273. The summed E-state index contributed by atoms with van der Waals surface area (Å²) >= 11 is 0. The monoisotopic (exact) mass is 351 g/mol. The van der Waals surface area contributed by atoms with Crippen LogP contribution in [0.4, 0.5) is 11.4 Å². The number of carbonyl (C=O) groups excluding carboxylic acids is 2. The van der Waals surface area contributed by atoms with Gasteiger partial charge < -0.3 is 15.0 Å². The van der Waals surface area contributed by atoms with E-state index in [0.717, 1.165) is 5.56 Å². The Morgan fingerprint density at radius 2 is 1.96 bits per heavy atom. The van der Waals surface area contributed by atoms with Gasteiger partial charge in [-0.3, -0.25) is 9.59 Å². The second-order valence-corrected chi connectivity index (χ2v) is 5.80. The fraction of sp³-hybridized carbons (Fsp3) is 0.250. The van der Waals surface area contributed by atoms with Crippen molar-refractivity contribution in [3.8, 4) is 11.8 Å². The fourth-order valence-electron chi connectivity index (χ4n) is 2.57. The zero-order valence-corrected chi connectivity index (χ0v) is 15.1. The van der Waals surface area contributed by atoms with Gasteiger partial charge in [-0.15, -0.1) is 0 Å². The Kier molecular flexibility index (Phi) is 6.34. The number of carbonyl (C=O) groups is 2. The Hall–Kier alpha value is -3.33. The Morgan fingerprint density at radius 3 is 2.62 bits per heavy atom. The summed E-state index contributed by atoms with van der Waals surface area (Å²) in [6.45, 7) is 3.58. The SMILES string of the molecule is COc1ccc(C)cc1N(CCC(=O)Nc1ccccc1C#N)C(C)=O. The van der Waals surface area contributed by atoms with Crippen molar-refractivity contribution in [3.05, 3.63) is 53.6 Å². The molecular formula is C20H21N3O3. The van der Waals surface area contributed by atoms with E-state index in [4.69, 9.17) is 10.00 Å². The summed E-state index contributed by atoms with van der Waals surface area (Å²) in [5.41, 5.74) is 2.47. The van der Waals surface area contributed by atoms with Gasteiger partial charge in [-0.2, -0.15) is 5.26 Å². The van der Waals surface area contributed by atoms with Crippen molar-refractivity contribution in [1.82, 2.24) is 0 Å². The van der Waals surface area contributed by atoms with Crippen molar-refractivity contribution in [1.29, 1.82) is 5.26 Å². The first-order valence-corrected chi connectivity index (χ1v) is 8.18. The molecule has 26 heavy (non-hydrogen) atoms. The molecule has 0 aliphatic rings. The molecule has 0 radical (unpaired) electrons. The van der Waals surface area contributed by atoms with Crippen LogP contribution in [-0.2, 0) is 9.59 Å². The zero-order chi connectivity index (χ0) is 19.1. The van der Waals surface area contributed by atoms with Crippen molar-refractivity contribution < 1.29 is 14.3 Å². The molecule has 1 N–H and O–H groups in total. The molecule has 0 aromatic heterocycles. The second-order valence-electron chi connectivity index (χ2n) is 5.80. The number of methoxy groups -OCH3 is 1. The molecule has 0 spiro atoms. The van der Waals surface area contributed by atoms with Gasteiger partial charge in [-0.05, 0) is 36.8 Å². The van der Waals surface area contributed by atoms with Crippen molar-refractivity contribution in [2.75, 3.05) is 23.9 Å². The van der Waals surface area contributed by atoms with Crippen LogP contribution in [0.1, 0.15) is 24.5 Å². The maximum Gasteiger partial charge on any atom is 0.226 e. The van der Waals surface area contributed by atoms with Gasteiger partial charge in [0.25, 0.3) is 0 Å². The van der Waals surface area contributed by atoms with Crippen LogP contribution in [0.5, 0.6) is 5.75 Å². The maximum atomic E-state index is 12.3. The zero-order valence-electron chi connectivity index (χ0n) is 15.1. The molecule has 0 bridgehead atoms. The maximum absolute atomic E-state index is 12.3. The average Bonchev–Trinajstić information content (AvgIpc) is 2.62. The van der Waals surface area contributed by atoms with E-state index >= 15 is 0 Å². The molecule has 2 amide bonds. The standard InChI is InChI=1S/C20H21N3O3/c1-14-8-9-19(26-3)18(12-14)23(15(2)24)11-10-20(25)22-17-7-5-4-6-16(17)13-21/h4-9,12H,10-11H2,1-3H3,(H,22,25). The van der Waals surface area contributed by atoms with E-state index in [1.165, 1.54) is 18.9 Å². The number of anilines is 2. The Labute approximate surface area is 153 Å². The van der Waals surface area contributed by atoms with Gasteiger partial charge in [-0.25, -0.2) is 0 Å². The van der Waals surface area contributed by atoms with Crippen LogP contribution >= 0.6 is 0 Å². The van der Waals surface area contributed by atoms with Gasteiger partial charge >= 0.3 is 0 Å². The molecule has 2 aromatic carbocycles. The summed E-state index contributed by atoms with van der Waals surface area (Å²) in [5, 5.41) is 11.8. The van der Waals surface area contributed by atoms with E-state index in [1.807, 2.05) is 25.1 Å².